The van der Waals surface area contributed by atoms with Crippen LogP contribution in [0.2, 0.25) is 0 Å². The highest BCUT2D eigenvalue weighted by Gasteiger charge is 2.15. The number of hydrogen-bond donors (Lipinski definition) is 2. The van der Waals surface area contributed by atoms with Gasteiger partial charge in [-0.2, -0.15) is 0 Å². The SMILES string of the molecule is CN=C(NCCCOC)NCc1cccc(CN2CCC(C)CC2)c1. The molecule has 1 aromatic carbocycles. The van der Waals surface area contributed by atoms with Crippen molar-refractivity contribution in [2.75, 3.05) is 40.4 Å². The zero-order valence-corrected chi connectivity index (χ0v) is 16.1. The molecule has 0 aliphatic carbocycles. The summed E-state index contributed by atoms with van der Waals surface area (Å²) in [5, 5.41) is 6.69. The number of nitrogens with one attached hydrogen (secondary N) is 2. The first-order valence-corrected chi connectivity index (χ1v) is 9.45. The molecule has 2 rings (SSSR count). The highest BCUT2D eigenvalue weighted by atomic mass is 16.5. The minimum absolute atomic E-state index is 0.765. The smallest absolute Gasteiger partial charge is 0.191 e. The van der Waals surface area contributed by atoms with E-state index in [0.717, 1.165) is 44.5 Å². The molecule has 0 spiro atoms. The van der Waals surface area contributed by atoms with Gasteiger partial charge in [-0.1, -0.05) is 31.2 Å². The predicted molar refractivity (Wildman–Crippen MR) is 105 cm³/mol. The van der Waals surface area contributed by atoms with E-state index >= 15 is 0 Å². The second-order valence-corrected chi connectivity index (χ2v) is 6.98. The Morgan fingerprint density at radius 3 is 2.72 bits per heavy atom. The lowest BCUT2D eigenvalue weighted by Gasteiger charge is -2.30. The second-order valence-electron chi connectivity index (χ2n) is 6.98. The average molecular weight is 347 g/mol. The van der Waals surface area contributed by atoms with Gasteiger partial charge in [-0.3, -0.25) is 9.89 Å². The Balaban J connectivity index is 1.78. The summed E-state index contributed by atoms with van der Waals surface area (Å²) in [5.74, 6) is 1.72. The van der Waals surface area contributed by atoms with Crippen molar-refractivity contribution < 1.29 is 4.74 Å². The molecule has 2 N–H and O–H groups in total. The fraction of sp³-hybridized carbons (Fsp3) is 0.650. The largest absolute Gasteiger partial charge is 0.385 e. The number of aliphatic imine (C=N–C) groups is 1. The van der Waals surface area contributed by atoms with Gasteiger partial charge in [0.05, 0.1) is 0 Å². The quantitative estimate of drug-likeness (QED) is 0.432. The first-order chi connectivity index (χ1) is 12.2. The normalized spacial score (nSPS) is 16.8. The van der Waals surface area contributed by atoms with Gasteiger partial charge in [-0.25, -0.2) is 0 Å². The zero-order valence-electron chi connectivity index (χ0n) is 16.1. The number of likely N-dealkylation sites (tertiary alicyclic amines) is 1. The van der Waals surface area contributed by atoms with Gasteiger partial charge in [0.2, 0.25) is 0 Å². The van der Waals surface area contributed by atoms with E-state index in [0.29, 0.717) is 0 Å². The van der Waals surface area contributed by atoms with Crippen LogP contribution in [0, 0.1) is 5.92 Å². The maximum atomic E-state index is 5.06. The van der Waals surface area contributed by atoms with Crippen molar-refractivity contribution in [3.05, 3.63) is 35.4 Å². The van der Waals surface area contributed by atoms with Crippen molar-refractivity contribution in [2.24, 2.45) is 10.9 Å². The van der Waals surface area contributed by atoms with Crippen molar-refractivity contribution in [3.63, 3.8) is 0 Å². The summed E-state index contributed by atoms with van der Waals surface area (Å²) in [6.07, 6.45) is 3.62. The first-order valence-electron chi connectivity index (χ1n) is 9.45. The number of piperidine rings is 1. The summed E-state index contributed by atoms with van der Waals surface area (Å²) in [6, 6.07) is 8.88. The molecule has 5 heteroatoms. The molecular formula is C20H34N4O. The minimum Gasteiger partial charge on any atom is -0.385 e. The van der Waals surface area contributed by atoms with Crippen LogP contribution in [0.4, 0.5) is 0 Å². The lowest BCUT2D eigenvalue weighted by molar-refractivity contribution is 0.185. The molecule has 0 aromatic heterocycles. The van der Waals surface area contributed by atoms with E-state index in [1.807, 2.05) is 0 Å². The highest BCUT2D eigenvalue weighted by Crippen LogP contribution is 2.18. The molecule has 0 radical (unpaired) electrons. The Bertz CT molecular complexity index is 524. The van der Waals surface area contributed by atoms with Crippen molar-refractivity contribution in [3.8, 4) is 0 Å². The van der Waals surface area contributed by atoms with Crippen molar-refractivity contribution in [2.45, 2.75) is 39.3 Å². The summed E-state index contributed by atoms with van der Waals surface area (Å²) in [6.45, 7) is 8.28. The molecule has 5 nitrogen and oxygen atoms in total. The van der Waals surface area contributed by atoms with Crippen LogP contribution in [0.25, 0.3) is 0 Å². The molecule has 25 heavy (non-hydrogen) atoms. The molecular weight excluding hydrogens is 312 g/mol. The Hall–Kier alpha value is -1.59. The molecule has 1 aliphatic rings. The van der Waals surface area contributed by atoms with E-state index in [9.17, 15) is 0 Å². The fourth-order valence-corrected chi connectivity index (χ4v) is 3.15. The van der Waals surface area contributed by atoms with Crippen LogP contribution in [0.5, 0.6) is 0 Å². The molecule has 0 atom stereocenters. The number of rotatable bonds is 8. The number of hydrogen-bond acceptors (Lipinski definition) is 3. The summed E-state index contributed by atoms with van der Waals surface area (Å²) in [7, 11) is 3.53. The molecule has 1 aromatic rings. The van der Waals surface area contributed by atoms with Crippen LogP contribution in [-0.2, 0) is 17.8 Å². The van der Waals surface area contributed by atoms with E-state index in [1.165, 1.54) is 37.1 Å². The van der Waals surface area contributed by atoms with Crippen LogP contribution in [-0.4, -0.2) is 51.3 Å². The Kier molecular flexibility index (Phi) is 8.77. The summed E-state index contributed by atoms with van der Waals surface area (Å²) >= 11 is 0. The van der Waals surface area contributed by atoms with Gasteiger partial charge < -0.3 is 15.4 Å². The highest BCUT2D eigenvalue weighted by molar-refractivity contribution is 5.79. The van der Waals surface area contributed by atoms with Gasteiger partial charge >= 0.3 is 0 Å². The van der Waals surface area contributed by atoms with Crippen LogP contribution >= 0.6 is 0 Å². The molecule has 0 bridgehead atoms. The lowest BCUT2D eigenvalue weighted by Crippen LogP contribution is -2.37. The van der Waals surface area contributed by atoms with E-state index in [4.69, 9.17) is 4.74 Å². The number of guanidine groups is 1. The average Bonchev–Trinajstić information content (AvgIpc) is 2.63. The minimum atomic E-state index is 0.765. The van der Waals surface area contributed by atoms with Gasteiger partial charge in [0.25, 0.3) is 0 Å². The van der Waals surface area contributed by atoms with Gasteiger partial charge in [0.1, 0.15) is 0 Å². The van der Waals surface area contributed by atoms with Crippen molar-refractivity contribution >= 4 is 5.96 Å². The molecule has 140 valence electrons. The topological polar surface area (TPSA) is 48.9 Å². The van der Waals surface area contributed by atoms with E-state index in [-0.39, 0.29) is 0 Å². The predicted octanol–water partition coefficient (Wildman–Crippen LogP) is 2.62. The van der Waals surface area contributed by atoms with Gasteiger partial charge in [-0.15, -0.1) is 0 Å². The van der Waals surface area contributed by atoms with Crippen LogP contribution < -0.4 is 10.6 Å². The van der Waals surface area contributed by atoms with Crippen molar-refractivity contribution in [1.29, 1.82) is 0 Å². The third-order valence-corrected chi connectivity index (χ3v) is 4.78. The first kappa shape index (κ1) is 19.7. The van der Waals surface area contributed by atoms with Gasteiger partial charge in [-0.05, 0) is 49.4 Å². The second kappa shape index (κ2) is 11.1. The number of ether oxygens (including phenoxy) is 1. The number of benzene rings is 1. The molecule has 0 unspecified atom stereocenters. The monoisotopic (exact) mass is 346 g/mol. The van der Waals surface area contributed by atoms with E-state index in [2.05, 4.69) is 51.7 Å². The van der Waals surface area contributed by atoms with Gasteiger partial charge in [0.15, 0.2) is 5.96 Å². The Morgan fingerprint density at radius 1 is 1.24 bits per heavy atom. The Labute approximate surface area is 152 Å². The third-order valence-electron chi connectivity index (χ3n) is 4.78. The molecule has 1 aliphatic heterocycles. The maximum absolute atomic E-state index is 5.06. The lowest BCUT2D eigenvalue weighted by atomic mass is 9.98. The fourth-order valence-electron chi connectivity index (χ4n) is 3.15. The molecule has 1 saturated heterocycles. The molecule has 1 heterocycles. The summed E-state index contributed by atoms with van der Waals surface area (Å²) < 4.78 is 5.06. The molecule has 0 amide bonds. The van der Waals surface area contributed by atoms with Crippen LogP contribution in [0.3, 0.4) is 0 Å². The molecule has 0 saturated carbocycles. The van der Waals surface area contributed by atoms with Crippen LogP contribution in [0.1, 0.15) is 37.3 Å². The van der Waals surface area contributed by atoms with Gasteiger partial charge in [0, 0.05) is 40.4 Å². The standard InChI is InChI=1S/C20H34N4O/c1-17-8-11-24(12-9-17)16-19-7-4-6-18(14-19)15-23-20(21-2)22-10-5-13-25-3/h4,6-7,14,17H,5,8-13,15-16H2,1-3H3,(H2,21,22,23). The third kappa shape index (κ3) is 7.45. The Morgan fingerprint density at radius 2 is 2.00 bits per heavy atom. The summed E-state index contributed by atoms with van der Waals surface area (Å²) in [4.78, 5) is 6.84. The van der Waals surface area contributed by atoms with Crippen molar-refractivity contribution in [1.82, 2.24) is 15.5 Å². The van der Waals surface area contributed by atoms with E-state index < -0.39 is 0 Å². The van der Waals surface area contributed by atoms with Crippen LogP contribution in [0.15, 0.2) is 29.3 Å². The number of methoxy groups -OCH3 is 1. The molecule has 1 fully saturated rings. The zero-order chi connectivity index (χ0) is 17.9. The van der Waals surface area contributed by atoms with E-state index in [1.54, 1.807) is 14.2 Å². The number of nitrogens with zero attached hydrogens (tertiary/aromatic N) is 2. The summed E-state index contributed by atoms with van der Waals surface area (Å²) in [5.41, 5.74) is 2.69. The maximum Gasteiger partial charge on any atom is 0.191 e.